The van der Waals surface area contributed by atoms with Gasteiger partial charge in [-0.25, -0.2) is 0 Å². The molecule has 0 aliphatic rings. The molecule has 0 fully saturated rings. The average Bonchev–Trinajstić information content (AvgIpc) is 3.73. The monoisotopic (exact) mass is 643 g/mol. The van der Waals surface area contributed by atoms with Crippen LogP contribution in [0.5, 0.6) is 0 Å². The minimum Gasteiger partial charge on any atom is -0.456 e. The number of anilines is 3. The first-order chi connectivity index (χ1) is 24.3. The van der Waals surface area contributed by atoms with Gasteiger partial charge < -0.3 is 9.32 Å². The maximum atomic E-state index is 6.37. The Morgan fingerprint density at radius 2 is 1.06 bits per heavy atom. The van der Waals surface area contributed by atoms with E-state index in [1.54, 1.807) is 0 Å². The van der Waals surface area contributed by atoms with E-state index in [0.717, 1.165) is 39.0 Å². The molecule has 0 N–H and O–H groups in total. The average molecular weight is 644 g/mol. The van der Waals surface area contributed by atoms with Gasteiger partial charge in [0.05, 0.1) is 0 Å². The quantitative estimate of drug-likeness (QED) is 0.186. The van der Waals surface area contributed by atoms with Gasteiger partial charge in [-0.15, -0.1) is 11.3 Å². The van der Waals surface area contributed by atoms with Crippen LogP contribution < -0.4 is 4.90 Å². The molecule has 2 nitrogen and oxygen atoms in total. The number of furan rings is 1. The first kappa shape index (κ1) is 27.9. The topological polar surface area (TPSA) is 16.4 Å². The minimum absolute atomic E-state index is 0.877. The van der Waals surface area contributed by atoms with Crippen LogP contribution >= 0.6 is 11.3 Å². The molecule has 0 saturated heterocycles. The Morgan fingerprint density at radius 1 is 0.388 bits per heavy atom. The van der Waals surface area contributed by atoms with E-state index >= 15 is 0 Å². The van der Waals surface area contributed by atoms with Crippen LogP contribution in [-0.4, -0.2) is 0 Å². The molecular formula is C46H29NOS. The van der Waals surface area contributed by atoms with Crippen LogP contribution in [0.2, 0.25) is 0 Å². The molecule has 3 heteroatoms. The van der Waals surface area contributed by atoms with Gasteiger partial charge in [-0.1, -0.05) is 115 Å². The van der Waals surface area contributed by atoms with Gasteiger partial charge in [-0.2, -0.15) is 0 Å². The third kappa shape index (κ3) is 4.70. The maximum absolute atomic E-state index is 6.37. The molecule has 0 spiro atoms. The molecular weight excluding hydrogens is 615 g/mol. The Hall–Kier alpha value is -6.16. The summed E-state index contributed by atoms with van der Waals surface area (Å²) in [5, 5.41) is 7.37. The van der Waals surface area contributed by atoms with Crippen LogP contribution in [0.1, 0.15) is 0 Å². The van der Waals surface area contributed by atoms with Crippen LogP contribution in [0, 0.1) is 0 Å². The number of benzene rings is 8. The second-order valence-corrected chi connectivity index (χ2v) is 13.6. The Balaban J connectivity index is 1.11. The predicted molar refractivity (Wildman–Crippen MR) is 210 cm³/mol. The largest absolute Gasteiger partial charge is 0.456 e. The van der Waals surface area contributed by atoms with Crippen LogP contribution in [0.4, 0.5) is 17.1 Å². The molecule has 0 amide bonds. The fraction of sp³-hybridized carbons (Fsp3) is 0. The maximum Gasteiger partial charge on any atom is 0.137 e. The molecule has 2 aromatic heterocycles. The lowest BCUT2D eigenvalue weighted by molar-refractivity contribution is 0.669. The number of rotatable bonds is 5. The molecule has 10 rings (SSSR count). The second-order valence-electron chi connectivity index (χ2n) is 12.6. The van der Waals surface area contributed by atoms with Gasteiger partial charge in [0.15, 0.2) is 0 Å². The van der Waals surface area contributed by atoms with Crippen molar-refractivity contribution in [1.82, 2.24) is 0 Å². The van der Waals surface area contributed by atoms with Gasteiger partial charge in [0.2, 0.25) is 0 Å². The summed E-state index contributed by atoms with van der Waals surface area (Å²) in [5.41, 5.74) is 9.82. The summed E-state index contributed by atoms with van der Waals surface area (Å²) in [5.74, 6) is 0. The van der Waals surface area contributed by atoms with Crippen LogP contribution in [0.25, 0.3) is 75.1 Å². The third-order valence-corrected chi connectivity index (χ3v) is 10.9. The molecule has 0 aliphatic carbocycles. The van der Waals surface area contributed by atoms with E-state index in [1.165, 1.54) is 53.2 Å². The lowest BCUT2D eigenvalue weighted by Gasteiger charge is -2.26. The number of hydrogen-bond donors (Lipinski definition) is 0. The van der Waals surface area contributed by atoms with Crippen molar-refractivity contribution in [2.24, 2.45) is 0 Å². The van der Waals surface area contributed by atoms with E-state index in [4.69, 9.17) is 4.42 Å². The number of thiophene rings is 1. The van der Waals surface area contributed by atoms with Crippen molar-refractivity contribution in [3.63, 3.8) is 0 Å². The van der Waals surface area contributed by atoms with Gasteiger partial charge in [0.25, 0.3) is 0 Å². The first-order valence-corrected chi connectivity index (χ1v) is 17.4. The summed E-state index contributed by atoms with van der Waals surface area (Å²) in [6, 6.07) is 63.3. The number of para-hydroxylation sites is 1. The molecule has 0 unspecified atom stereocenters. The van der Waals surface area contributed by atoms with Crippen molar-refractivity contribution in [2.75, 3.05) is 4.90 Å². The molecule has 0 bridgehead atoms. The molecule has 0 radical (unpaired) electrons. The summed E-state index contributed by atoms with van der Waals surface area (Å²) in [6.45, 7) is 0. The van der Waals surface area contributed by atoms with Gasteiger partial charge in [-0.05, 0) is 87.6 Å². The highest BCUT2D eigenvalue weighted by molar-refractivity contribution is 7.26. The van der Waals surface area contributed by atoms with Crippen molar-refractivity contribution in [3.8, 4) is 22.3 Å². The van der Waals surface area contributed by atoms with E-state index in [0.29, 0.717) is 0 Å². The smallest absolute Gasteiger partial charge is 0.137 e. The Bertz CT molecular complexity index is 2840. The second kappa shape index (κ2) is 11.2. The molecule has 8 aromatic carbocycles. The molecule has 49 heavy (non-hydrogen) atoms. The Morgan fingerprint density at radius 3 is 1.98 bits per heavy atom. The van der Waals surface area contributed by atoms with E-state index in [-0.39, 0.29) is 0 Å². The normalized spacial score (nSPS) is 11.7. The highest BCUT2D eigenvalue weighted by Gasteiger charge is 2.17. The summed E-state index contributed by atoms with van der Waals surface area (Å²) in [6.07, 6.45) is 0. The van der Waals surface area contributed by atoms with Gasteiger partial charge >= 0.3 is 0 Å². The van der Waals surface area contributed by atoms with Crippen LogP contribution in [-0.2, 0) is 0 Å². The molecule has 0 aliphatic heterocycles. The third-order valence-electron chi connectivity index (χ3n) is 9.65. The molecule has 0 atom stereocenters. The lowest BCUT2D eigenvalue weighted by atomic mass is 10.00. The van der Waals surface area contributed by atoms with Crippen molar-refractivity contribution in [2.45, 2.75) is 0 Å². The standard InChI is InChI=1S/C46H29NOS/c1-2-10-32-27-34(20-19-30(32)9-1)33-11-7-12-36(28-33)47(37-25-26-40-39-13-3-5-17-43(39)48-44(40)29-37)35-23-21-31(22-24-35)38-15-8-16-42-41-14-4-6-18-45(41)49-46(38)42/h1-29H. The van der Waals surface area contributed by atoms with E-state index in [1.807, 2.05) is 23.5 Å². The summed E-state index contributed by atoms with van der Waals surface area (Å²) < 4.78 is 9.01. The van der Waals surface area contributed by atoms with Crippen molar-refractivity contribution in [1.29, 1.82) is 0 Å². The molecule has 2 heterocycles. The van der Waals surface area contributed by atoms with Crippen molar-refractivity contribution >= 4 is 81.3 Å². The highest BCUT2D eigenvalue weighted by Crippen LogP contribution is 2.43. The molecule has 230 valence electrons. The summed E-state index contributed by atoms with van der Waals surface area (Å²) in [4.78, 5) is 2.33. The van der Waals surface area contributed by atoms with E-state index in [9.17, 15) is 0 Å². The Labute approximate surface area is 287 Å². The van der Waals surface area contributed by atoms with E-state index < -0.39 is 0 Å². The summed E-state index contributed by atoms with van der Waals surface area (Å²) >= 11 is 1.87. The van der Waals surface area contributed by atoms with Crippen molar-refractivity contribution in [3.05, 3.63) is 176 Å². The van der Waals surface area contributed by atoms with Crippen LogP contribution in [0.3, 0.4) is 0 Å². The van der Waals surface area contributed by atoms with Gasteiger partial charge in [-0.3, -0.25) is 0 Å². The first-order valence-electron chi connectivity index (χ1n) is 16.6. The van der Waals surface area contributed by atoms with E-state index in [2.05, 4.69) is 169 Å². The van der Waals surface area contributed by atoms with Crippen molar-refractivity contribution < 1.29 is 4.42 Å². The predicted octanol–water partition coefficient (Wildman–Crippen LogP) is 13.9. The lowest BCUT2D eigenvalue weighted by Crippen LogP contribution is -2.10. The number of nitrogens with zero attached hydrogens (tertiary/aromatic N) is 1. The minimum atomic E-state index is 0.877. The summed E-state index contributed by atoms with van der Waals surface area (Å²) in [7, 11) is 0. The van der Waals surface area contributed by atoms with Gasteiger partial charge in [0, 0.05) is 54.1 Å². The number of fused-ring (bicyclic) bond motifs is 7. The Kier molecular flexibility index (Phi) is 6.39. The zero-order chi connectivity index (χ0) is 32.3. The fourth-order valence-corrected chi connectivity index (χ4v) is 8.50. The molecule has 0 saturated carbocycles. The fourth-order valence-electron chi connectivity index (χ4n) is 7.26. The zero-order valence-electron chi connectivity index (χ0n) is 26.5. The molecule has 10 aromatic rings. The van der Waals surface area contributed by atoms with Crippen LogP contribution in [0.15, 0.2) is 180 Å². The van der Waals surface area contributed by atoms with Gasteiger partial charge in [0.1, 0.15) is 11.2 Å². The highest BCUT2D eigenvalue weighted by atomic mass is 32.1. The SMILES string of the molecule is c1cc(-c2ccc3ccccc3c2)cc(N(c2ccc(-c3cccc4c3sc3ccccc34)cc2)c2ccc3c(c2)oc2ccccc23)c1. The number of hydrogen-bond acceptors (Lipinski definition) is 3. The zero-order valence-corrected chi connectivity index (χ0v) is 27.3.